The largest absolute Gasteiger partial charge is 0.357 e. The molecule has 0 bridgehead atoms. The van der Waals surface area contributed by atoms with Gasteiger partial charge >= 0.3 is 0 Å². The van der Waals surface area contributed by atoms with Crippen LogP contribution in [0.15, 0.2) is 4.99 Å². The zero-order valence-corrected chi connectivity index (χ0v) is 18.0. The zero-order chi connectivity index (χ0) is 16.9. The Labute approximate surface area is 165 Å². The molecule has 1 aliphatic rings. The van der Waals surface area contributed by atoms with Gasteiger partial charge in [-0.15, -0.1) is 24.0 Å². The van der Waals surface area contributed by atoms with E-state index in [0.717, 1.165) is 31.4 Å². The lowest BCUT2D eigenvalue weighted by Gasteiger charge is -2.20. The van der Waals surface area contributed by atoms with E-state index in [1.54, 1.807) is 0 Å². The molecule has 24 heavy (non-hydrogen) atoms. The van der Waals surface area contributed by atoms with E-state index in [-0.39, 0.29) is 35.9 Å². The van der Waals surface area contributed by atoms with Crippen molar-refractivity contribution in [1.82, 2.24) is 16.0 Å². The molecule has 1 saturated carbocycles. The summed E-state index contributed by atoms with van der Waals surface area (Å²) in [5, 5.41) is 9.38. The SMILES string of the molecule is CCNC(=NCCCC1CCCCC1)NCCC(=O)NC(C)C.I. The summed E-state index contributed by atoms with van der Waals surface area (Å²) in [6.45, 7) is 8.33. The van der Waals surface area contributed by atoms with Gasteiger partial charge in [0.15, 0.2) is 5.96 Å². The van der Waals surface area contributed by atoms with E-state index in [1.807, 2.05) is 13.8 Å². The second kappa shape index (κ2) is 14.8. The van der Waals surface area contributed by atoms with Crippen LogP contribution in [-0.2, 0) is 4.79 Å². The summed E-state index contributed by atoms with van der Waals surface area (Å²) in [4.78, 5) is 16.2. The van der Waals surface area contributed by atoms with Crippen LogP contribution in [0.3, 0.4) is 0 Å². The average Bonchev–Trinajstić information content (AvgIpc) is 2.51. The Morgan fingerprint density at radius 2 is 1.88 bits per heavy atom. The molecule has 0 aromatic rings. The summed E-state index contributed by atoms with van der Waals surface area (Å²) in [7, 11) is 0. The number of nitrogens with one attached hydrogen (secondary N) is 3. The van der Waals surface area contributed by atoms with Crippen LogP contribution in [-0.4, -0.2) is 37.5 Å². The monoisotopic (exact) mass is 452 g/mol. The summed E-state index contributed by atoms with van der Waals surface area (Å²) in [6.07, 6.45) is 10.0. The topological polar surface area (TPSA) is 65.5 Å². The molecule has 0 spiro atoms. The predicted octanol–water partition coefficient (Wildman–Crippen LogP) is 3.43. The first-order valence-corrected chi connectivity index (χ1v) is 9.43. The zero-order valence-electron chi connectivity index (χ0n) is 15.7. The molecule has 142 valence electrons. The van der Waals surface area contributed by atoms with E-state index in [2.05, 4.69) is 27.9 Å². The van der Waals surface area contributed by atoms with Gasteiger partial charge in [0.1, 0.15) is 0 Å². The quantitative estimate of drug-likeness (QED) is 0.217. The lowest BCUT2D eigenvalue weighted by Crippen LogP contribution is -2.40. The van der Waals surface area contributed by atoms with Crippen molar-refractivity contribution < 1.29 is 4.79 Å². The summed E-state index contributed by atoms with van der Waals surface area (Å²) in [5.74, 6) is 1.84. The number of hydrogen-bond acceptors (Lipinski definition) is 2. The molecule has 0 atom stereocenters. The maximum atomic E-state index is 11.6. The van der Waals surface area contributed by atoms with Gasteiger partial charge in [0, 0.05) is 32.1 Å². The third-order valence-corrected chi connectivity index (χ3v) is 4.20. The molecular weight excluding hydrogens is 415 g/mol. The maximum absolute atomic E-state index is 11.6. The second-order valence-corrected chi connectivity index (χ2v) is 6.81. The van der Waals surface area contributed by atoms with Gasteiger partial charge in [-0.3, -0.25) is 9.79 Å². The van der Waals surface area contributed by atoms with Crippen LogP contribution in [0.5, 0.6) is 0 Å². The third kappa shape index (κ3) is 11.9. The Morgan fingerprint density at radius 1 is 1.17 bits per heavy atom. The minimum Gasteiger partial charge on any atom is -0.357 e. The number of aliphatic imine (C=N–C) groups is 1. The normalized spacial score (nSPS) is 15.8. The Balaban J connectivity index is 0.00000529. The van der Waals surface area contributed by atoms with Crippen molar-refractivity contribution in [2.24, 2.45) is 10.9 Å². The van der Waals surface area contributed by atoms with E-state index in [4.69, 9.17) is 0 Å². The molecule has 0 saturated heterocycles. The van der Waals surface area contributed by atoms with E-state index >= 15 is 0 Å². The number of rotatable bonds is 9. The van der Waals surface area contributed by atoms with E-state index in [0.29, 0.717) is 13.0 Å². The Kier molecular flexibility index (Phi) is 14.5. The van der Waals surface area contributed by atoms with E-state index < -0.39 is 0 Å². The van der Waals surface area contributed by atoms with Crippen molar-refractivity contribution in [3.8, 4) is 0 Å². The molecule has 5 nitrogen and oxygen atoms in total. The third-order valence-electron chi connectivity index (χ3n) is 4.20. The summed E-state index contributed by atoms with van der Waals surface area (Å²) in [5.41, 5.74) is 0. The highest BCUT2D eigenvalue weighted by molar-refractivity contribution is 14.0. The van der Waals surface area contributed by atoms with Crippen molar-refractivity contribution in [2.75, 3.05) is 19.6 Å². The molecule has 1 fully saturated rings. The fraction of sp³-hybridized carbons (Fsp3) is 0.889. The van der Waals surface area contributed by atoms with Gasteiger partial charge in [-0.05, 0) is 39.5 Å². The molecule has 6 heteroatoms. The van der Waals surface area contributed by atoms with Gasteiger partial charge in [0.25, 0.3) is 0 Å². The van der Waals surface area contributed by atoms with Crippen molar-refractivity contribution in [3.05, 3.63) is 0 Å². The fourth-order valence-corrected chi connectivity index (χ4v) is 3.08. The Hall–Kier alpha value is -0.530. The first kappa shape index (κ1) is 23.5. The van der Waals surface area contributed by atoms with Gasteiger partial charge in [-0.25, -0.2) is 0 Å². The lowest BCUT2D eigenvalue weighted by atomic mass is 9.86. The van der Waals surface area contributed by atoms with Crippen LogP contribution in [0, 0.1) is 5.92 Å². The van der Waals surface area contributed by atoms with Crippen molar-refractivity contribution in [3.63, 3.8) is 0 Å². The number of nitrogens with zero attached hydrogens (tertiary/aromatic N) is 1. The maximum Gasteiger partial charge on any atom is 0.221 e. The minimum absolute atomic E-state index is 0. The molecule has 1 rings (SSSR count). The van der Waals surface area contributed by atoms with Gasteiger partial charge < -0.3 is 16.0 Å². The number of hydrogen-bond donors (Lipinski definition) is 3. The molecule has 0 radical (unpaired) electrons. The summed E-state index contributed by atoms with van der Waals surface area (Å²) in [6, 6.07) is 0.198. The Morgan fingerprint density at radius 3 is 2.50 bits per heavy atom. The highest BCUT2D eigenvalue weighted by Crippen LogP contribution is 2.27. The molecule has 1 amide bonds. The highest BCUT2D eigenvalue weighted by atomic mass is 127. The first-order valence-electron chi connectivity index (χ1n) is 9.43. The van der Waals surface area contributed by atoms with Crippen LogP contribution in [0.1, 0.15) is 72.1 Å². The van der Waals surface area contributed by atoms with Gasteiger partial charge in [-0.2, -0.15) is 0 Å². The number of carbonyl (C=O) groups is 1. The lowest BCUT2D eigenvalue weighted by molar-refractivity contribution is -0.121. The van der Waals surface area contributed by atoms with Crippen LogP contribution >= 0.6 is 24.0 Å². The molecule has 0 unspecified atom stereocenters. The number of carbonyl (C=O) groups excluding carboxylic acids is 1. The Bertz CT molecular complexity index is 355. The number of amides is 1. The molecule has 0 aliphatic heterocycles. The smallest absolute Gasteiger partial charge is 0.221 e. The number of halogens is 1. The predicted molar refractivity (Wildman–Crippen MR) is 113 cm³/mol. The van der Waals surface area contributed by atoms with E-state index in [1.165, 1.54) is 38.5 Å². The van der Waals surface area contributed by atoms with Crippen molar-refractivity contribution >= 4 is 35.8 Å². The first-order chi connectivity index (χ1) is 11.1. The average molecular weight is 452 g/mol. The second-order valence-electron chi connectivity index (χ2n) is 6.81. The number of guanidine groups is 1. The van der Waals surface area contributed by atoms with Crippen LogP contribution in [0.25, 0.3) is 0 Å². The van der Waals surface area contributed by atoms with Crippen LogP contribution < -0.4 is 16.0 Å². The van der Waals surface area contributed by atoms with Gasteiger partial charge in [0.05, 0.1) is 0 Å². The van der Waals surface area contributed by atoms with Gasteiger partial charge in [-0.1, -0.05) is 32.1 Å². The van der Waals surface area contributed by atoms with Crippen molar-refractivity contribution in [2.45, 2.75) is 78.2 Å². The van der Waals surface area contributed by atoms with Gasteiger partial charge in [0.2, 0.25) is 5.91 Å². The summed E-state index contributed by atoms with van der Waals surface area (Å²) >= 11 is 0. The molecule has 3 N–H and O–H groups in total. The standard InChI is InChI=1S/C18H36N4O.HI/c1-4-19-18(21-14-12-17(23)22-15(2)3)20-13-8-11-16-9-6-5-7-10-16;/h15-16H,4-14H2,1-3H3,(H,22,23)(H2,19,20,21);1H. The van der Waals surface area contributed by atoms with Crippen LogP contribution in [0.4, 0.5) is 0 Å². The van der Waals surface area contributed by atoms with Crippen molar-refractivity contribution in [1.29, 1.82) is 0 Å². The fourth-order valence-electron chi connectivity index (χ4n) is 3.08. The molecular formula is C18H37IN4O. The highest BCUT2D eigenvalue weighted by Gasteiger charge is 2.12. The summed E-state index contributed by atoms with van der Waals surface area (Å²) < 4.78 is 0. The molecule has 0 heterocycles. The minimum atomic E-state index is 0. The molecule has 1 aliphatic carbocycles. The van der Waals surface area contributed by atoms with E-state index in [9.17, 15) is 4.79 Å². The molecule has 0 aromatic carbocycles. The molecule has 0 aromatic heterocycles. The van der Waals surface area contributed by atoms with Crippen LogP contribution in [0.2, 0.25) is 0 Å².